The van der Waals surface area contributed by atoms with E-state index < -0.39 is 6.04 Å². The highest BCUT2D eigenvalue weighted by Gasteiger charge is 2.31. The molecule has 0 radical (unpaired) electrons. The molecule has 0 unspecified atom stereocenters. The molecule has 38 heavy (non-hydrogen) atoms. The molecular formula is C30H34Cl2N2O4. The standard InChI is InChI=1S/C30H34Cl2N2O4/c1-21(2)33-30(36)28(18-22-8-5-4-6-9-22)34(20-23-11-12-24(31)19-27(23)32)29(35)10-7-17-38-26-15-13-25(37-3)14-16-26/h4-6,8-9,11-16,19,21,28H,7,10,17-18,20H2,1-3H3,(H,33,36)/t28-/m1/s1. The van der Waals surface area contributed by atoms with Crippen LogP contribution < -0.4 is 14.8 Å². The Kier molecular flexibility index (Phi) is 11.3. The third-order valence-corrected chi connectivity index (χ3v) is 6.51. The fourth-order valence-electron chi connectivity index (χ4n) is 4.00. The molecule has 0 aromatic heterocycles. The predicted octanol–water partition coefficient (Wildman–Crippen LogP) is 6.33. The molecule has 0 aliphatic rings. The van der Waals surface area contributed by atoms with Crippen molar-refractivity contribution in [1.82, 2.24) is 10.2 Å². The minimum absolute atomic E-state index is 0.0743. The molecule has 2 amide bonds. The first kappa shape index (κ1) is 29.3. The molecule has 0 fully saturated rings. The highest BCUT2D eigenvalue weighted by atomic mass is 35.5. The first-order chi connectivity index (χ1) is 18.3. The lowest BCUT2D eigenvalue weighted by atomic mass is 10.0. The summed E-state index contributed by atoms with van der Waals surface area (Å²) in [6.07, 6.45) is 1.07. The highest BCUT2D eigenvalue weighted by molar-refractivity contribution is 6.35. The number of benzene rings is 3. The first-order valence-corrected chi connectivity index (χ1v) is 13.4. The SMILES string of the molecule is COc1ccc(OCCCC(=O)N(Cc2ccc(Cl)cc2Cl)[C@H](Cc2ccccc2)C(=O)NC(C)C)cc1. The summed E-state index contributed by atoms with van der Waals surface area (Å²) in [7, 11) is 1.61. The lowest BCUT2D eigenvalue weighted by molar-refractivity contribution is -0.141. The third kappa shape index (κ3) is 8.96. The average molecular weight is 558 g/mol. The van der Waals surface area contributed by atoms with Gasteiger partial charge in [0.1, 0.15) is 17.5 Å². The molecular weight excluding hydrogens is 523 g/mol. The minimum atomic E-state index is -0.721. The Labute approximate surface area is 234 Å². The van der Waals surface area contributed by atoms with E-state index in [4.69, 9.17) is 32.7 Å². The van der Waals surface area contributed by atoms with Crippen LogP contribution in [0.3, 0.4) is 0 Å². The summed E-state index contributed by atoms with van der Waals surface area (Å²) in [6.45, 7) is 4.33. The van der Waals surface area contributed by atoms with Gasteiger partial charge in [-0.3, -0.25) is 9.59 Å². The molecule has 8 heteroatoms. The van der Waals surface area contributed by atoms with Gasteiger partial charge < -0.3 is 19.7 Å². The van der Waals surface area contributed by atoms with Crippen molar-refractivity contribution < 1.29 is 19.1 Å². The van der Waals surface area contributed by atoms with Gasteiger partial charge in [0.2, 0.25) is 11.8 Å². The second-order valence-electron chi connectivity index (χ2n) is 9.25. The number of amides is 2. The molecule has 0 saturated carbocycles. The maximum atomic E-state index is 13.6. The predicted molar refractivity (Wildman–Crippen MR) is 152 cm³/mol. The van der Waals surface area contributed by atoms with E-state index in [0.29, 0.717) is 40.8 Å². The van der Waals surface area contributed by atoms with Crippen LogP contribution in [0.1, 0.15) is 37.8 Å². The smallest absolute Gasteiger partial charge is 0.243 e. The van der Waals surface area contributed by atoms with Crippen LogP contribution in [-0.2, 0) is 22.6 Å². The van der Waals surface area contributed by atoms with Crippen molar-refractivity contribution in [2.45, 2.75) is 51.7 Å². The molecule has 0 heterocycles. The van der Waals surface area contributed by atoms with Crippen molar-refractivity contribution in [3.05, 3.63) is 94.0 Å². The van der Waals surface area contributed by atoms with Crippen molar-refractivity contribution in [2.75, 3.05) is 13.7 Å². The van der Waals surface area contributed by atoms with Gasteiger partial charge in [0.05, 0.1) is 13.7 Å². The van der Waals surface area contributed by atoms with E-state index in [1.54, 1.807) is 30.2 Å². The van der Waals surface area contributed by atoms with Crippen LogP contribution >= 0.6 is 23.2 Å². The quantitative estimate of drug-likeness (QED) is 0.250. The van der Waals surface area contributed by atoms with Gasteiger partial charge in [-0.05, 0) is 67.8 Å². The fraction of sp³-hybridized carbons (Fsp3) is 0.333. The van der Waals surface area contributed by atoms with Crippen LogP contribution in [0.2, 0.25) is 10.0 Å². The van der Waals surface area contributed by atoms with Crippen LogP contribution in [0.25, 0.3) is 0 Å². The molecule has 0 saturated heterocycles. The molecule has 1 atom stereocenters. The molecule has 0 aliphatic carbocycles. The van der Waals surface area contributed by atoms with E-state index in [1.807, 2.05) is 68.4 Å². The number of carbonyl (C=O) groups is 2. The van der Waals surface area contributed by atoms with Crippen molar-refractivity contribution in [3.63, 3.8) is 0 Å². The van der Waals surface area contributed by atoms with Crippen molar-refractivity contribution in [3.8, 4) is 11.5 Å². The largest absolute Gasteiger partial charge is 0.497 e. The lowest BCUT2D eigenvalue weighted by Gasteiger charge is -2.32. The third-order valence-electron chi connectivity index (χ3n) is 5.92. The Morgan fingerprint density at radius 1 is 0.947 bits per heavy atom. The number of nitrogens with zero attached hydrogens (tertiary/aromatic N) is 1. The van der Waals surface area contributed by atoms with Gasteiger partial charge >= 0.3 is 0 Å². The average Bonchev–Trinajstić information content (AvgIpc) is 2.90. The summed E-state index contributed by atoms with van der Waals surface area (Å²) in [5, 5.41) is 3.93. The summed E-state index contributed by atoms with van der Waals surface area (Å²) in [5.74, 6) is 1.07. The van der Waals surface area contributed by atoms with Gasteiger partial charge in [-0.25, -0.2) is 0 Å². The second-order valence-corrected chi connectivity index (χ2v) is 10.1. The summed E-state index contributed by atoms with van der Waals surface area (Å²) < 4.78 is 11.0. The van der Waals surface area contributed by atoms with Crippen molar-refractivity contribution in [1.29, 1.82) is 0 Å². The van der Waals surface area contributed by atoms with Gasteiger partial charge in [0, 0.05) is 35.5 Å². The van der Waals surface area contributed by atoms with E-state index in [-0.39, 0.29) is 30.8 Å². The zero-order valence-corrected chi connectivity index (χ0v) is 23.5. The van der Waals surface area contributed by atoms with Gasteiger partial charge in [-0.1, -0.05) is 59.6 Å². The van der Waals surface area contributed by atoms with Gasteiger partial charge in [0.25, 0.3) is 0 Å². The zero-order chi connectivity index (χ0) is 27.5. The molecule has 0 spiro atoms. The lowest BCUT2D eigenvalue weighted by Crippen LogP contribution is -2.51. The van der Waals surface area contributed by atoms with E-state index in [0.717, 1.165) is 11.3 Å². The highest BCUT2D eigenvalue weighted by Crippen LogP contribution is 2.25. The Morgan fingerprint density at radius 3 is 2.26 bits per heavy atom. The first-order valence-electron chi connectivity index (χ1n) is 12.6. The van der Waals surface area contributed by atoms with E-state index in [1.165, 1.54) is 0 Å². The molecule has 6 nitrogen and oxygen atoms in total. The maximum Gasteiger partial charge on any atom is 0.243 e. The van der Waals surface area contributed by atoms with Gasteiger partial charge in [-0.2, -0.15) is 0 Å². The van der Waals surface area contributed by atoms with E-state index in [2.05, 4.69) is 5.32 Å². The number of methoxy groups -OCH3 is 1. The Bertz CT molecular complexity index is 1190. The second kappa shape index (κ2) is 14.6. The number of nitrogens with one attached hydrogen (secondary N) is 1. The summed E-state index contributed by atoms with van der Waals surface area (Å²) in [4.78, 5) is 28.7. The molecule has 3 aromatic carbocycles. The van der Waals surface area contributed by atoms with Crippen LogP contribution in [0.4, 0.5) is 0 Å². The number of hydrogen-bond donors (Lipinski definition) is 1. The fourth-order valence-corrected chi connectivity index (χ4v) is 4.47. The van der Waals surface area contributed by atoms with Gasteiger partial charge in [-0.15, -0.1) is 0 Å². The maximum absolute atomic E-state index is 13.6. The summed E-state index contributed by atoms with van der Waals surface area (Å²) in [6, 6.07) is 21.3. The molecule has 0 aliphatic heterocycles. The minimum Gasteiger partial charge on any atom is -0.497 e. The van der Waals surface area contributed by atoms with Crippen LogP contribution in [-0.4, -0.2) is 42.5 Å². The van der Waals surface area contributed by atoms with Gasteiger partial charge in [0.15, 0.2) is 0 Å². The molecule has 0 bridgehead atoms. The van der Waals surface area contributed by atoms with Crippen molar-refractivity contribution >= 4 is 35.0 Å². The Morgan fingerprint density at radius 2 is 1.63 bits per heavy atom. The summed E-state index contributed by atoms with van der Waals surface area (Å²) in [5.41, 5.74) is 1.67. The van der Waals surface area contributed by atoms with E-state index >= 15 is 0 Å². The normalized spacial score (nSPS) is 11.6. The van der Waals surface area contributed by atoms with E-state index in [9.17, 15) is 9.59 Å². The number of ether oxygens (including phenoxy) is 2. The van der Waals surface area contributed by atoms with Crippen molar-refractivity contribution in [2.24, 2.45) is 0 Å². The molecule has 202 valence electrons. The Hall–Kier alpha value is -3.22. The monoisotopic (exact) mass is 556 g/mol. The van der Waals surface area contributed by atoms with Crippen LogP contribution in [0.15, 0.2) is 72.8 Å². The number of rotatable bonds is 13. The number of carbonyl (C=O) groups excluding carboxylic acids is 2. The van der Waals surface area contributed by atoms with Crippen LogP contribution in [0, 0.1) is 0 Å². The Balaban J connectivity index is 1.79. The molecule has 3 aromatic rings. The molecule has 1 N–H and O–H groups in total. The number of halogens is 2. The number of hydrogen-bond acceptors (Lipinski definition) is 4. The molecule has 3 rings (SSSR count). The zero-order valence-electron chi connectivity index (χ0n) is 22.0. The topological polar surface area (TPSA) is 67.9 Å². The van der Waals surface area contributed by atoms with Crippen LogP contribution in [0.5, 0.6) is 11.5 Å². The summed E-state index contributed by atoms with van der Waals surface area (Å²) >= 11 is 12.6.